The molecule has 0 saturated heterocycles. The maximum Gasteiger partial charge on any atom is 0.355 e. The van der Waals surface area contributed by atoms with Gasteiger partial charge in [0.25, 0.3) is 0 Å². The van der Waals surface area contributed by atoms with Crippen LogP contribution in [0.5, 0.6) is 0 Å². The van der Waals surface area contributed by atoms with E-state index in [-0.39, 0.29) is 23.3 Å². The number of ether oxygens (including phenoxy) is 1. The topological polar surface area (TPSA) is 71.5 Å². The second kappa shape index (κ2) is 4.27. The molecule has 1 aromatic heterocycles. The van der Waals surface area contributed by atoms with Crippen LogP contribution in [0.4, 0.5) is 5.13 Å². The smallest absolute Gasteiger partial charge is 0.355 e. The van der Waals surface area contributed by atoms with Gasteiger partial charge < -0.3 is 15.2 Å². The molecule has 1 saturated carbocycles. The van der Waals surface area contributed by atoms with Gasteiger partial charge in [0, 0.05) is 23.9 Å². The molecule has 0 bridgehead atoms. The minimum atomic E-state index is -0.989. The van der Waals surface area contributed by atoms with Crippen LogP contribution < -0.4 is 5.32 Å². The Morgan fingerprint density at radius 1 is 1.71 bits per heavy atom. The maximum absolute atomic E-state index is 10.7. The Morgan fingerprint density at radius 3 is 2.88 bits per heavy atom. The Hall–Kier alpha value is -1.14. The lowest BCUT2D eigenvalue weighted by atomic mass is 9.64. The zero-order chi connectivity index (χ0) is 12.6. The van der Waals surface area contributed by atoms with Gasteiger partial charge in [0.2, 0.25) is 0 Å². The summed E-state index contributed by atoms with van der Waals surface area (Å²) >= 11 is 1.32. The van der Waals surface area contributed by atoms with Gasteiger partial charge in [-0.3, -0.25) is 0 Å². The lowest BCUT2D eigenvalue weighted by Gasteiger charge is -2.51. The molecular formula is C11H16N2O3S. The van der Waals surface area contributed by atoms with Crippen molar-refractivity contribution in [3.63, 3.8) is 0 Å². The summed E-state index contributed by atoms with van der Waals surface area (Å²) in [7, 11) is 1.72. The van der Waals surface area contributed by atoms with E-state index in [2.05, 4.69) is 24.1 Å². The summed E-state index contributed by atoms with van der Waals surface area (Å²) in [6, 6.07) is 0.278. The Kier molecular flexibility index (Phi) is 3.09. The van der Waals surface area contributed by atoms with Gasteiger partial charge in [-0.25, -0.2) is 9.78 Å². The summed E-state index contributed by atoms with van der Waals surface area (Å²) in [6.45, 7) is 4.27. The van der Waals surface area contributed by atoms with Crippen molar-refractivity contribution in [1.82, 2.24) is 4.98 Å². The number of aromatic nitrogens is 1. The number of nitrogens with one attached hydrogen (secondary N) is 1. The molecule has 6 heteroatoms. The summed E-state index contributed by atoms with van der Waals surface area (Å²) in [4.78, 5) is 14.7. The van der Waals surface area contributed by atoms with Crippen molar-refractivity contribution in [1.29, 1.82) is 0 Å². The first-order valence-corrected chi connectivity index (χ1v) is 6.31. The van der Waals surface area contributed by atoms with E-state index in [0.29, 0.717) is 5.13 Å². The Morgan fingerprint density at radius 2 is 2.41 bits per heavy atom. The van der Waals surface area contributed by atoms with E-state index in [4.69, 9.17) is 9.84 Å². The number of aromatic carboxylic acids is 1. The van der Waals surface area contributed by atoms with E-state index in [9.17, 15) is 4.79 Å². The summed E-state index contributed by atoms with van der Waals surface area (Å²) in [5.74, 6) is -0.989. The third-order valence-corrected chi connectivity index (χ3v) is 4.26. The number of rotatable bonds is 4. The number of methoxy groups -OCH3 is 1. The highest BCUT2D eigenvalue weighted by molar-refractivity contribution is 7.13. The van der Waals surface area contributed by atoms with Crippen LogP contribution in [0.1, 0.15) is 30.8 Å². The molecule has 1 aliphatic carbocycles. The van der Waals surface area contributed by atoms with Gasteiger partial charge >= 0.3 is 5.97 Å². The molecule has 0 aliphatic heterocycles. The molecule has 2 rings (SSSR count). The number of hydrogen-bond acceptors (Lipinski definition) is 5. The molecule has 2 atom stereocenters. The Labute approximate surface area is 104 Å². The van der Waals surface area contributed by atoms with Crippen molar-refractivity contribution in [3.8, 4) is 0 Å². The van der Waals surface area contributed by atoms with Crippen LogP contribution in [0.2, 0.25) is 0 Å². The molecule has 0 radical (unpaired) electrons. The van der Waals surface area contributed by atoms with Gasteiger partial charge in [-0.15, -0.1) is 11.3 Å². The third-order valence-electron chi connectivity index (χ3n) is 3.48. The molecule has 1 aromatic rings. The molecule has 0 aromatic carbocycles. The fraction of sp³-hybridized carbons (Fsp3) is 0.636. The van der Waals surface area contributed by atoms with Crippen LogP contribution in [-0.2, 0) is 4.74 Å². The molecule has 1 heterocycles. The van der Waals surface area contributed by atoms with Crippen molar-refractivity contribution in [2.75, 3.05) is 12.4 Å². The second-order valence-corrected chi connectivity index (χ2v) is 5.68. The number of carboxylic acids is 1. The number of nitrogens with zero attached hydrogens (tertiary/aromatic N) is 1. The minimum absolute atomic E-state index is 0.0454. The van der Waals surface area contributed by atoms with Gasteiger partial charge in [-0.05, 0) is 6.42 Å². The van der Waals surface area contributed by atoms with Gasteiger partial charge in [0.1, 0.15) is 0 Å². The maximum atomic E-state index is 10.7. The average Bonchev–Trinajstić information content (AvgIpc) is 2.72. The van der Waals surface area contributed by atoms with Gasteiger partial charge in [-0.2, -0.15) is 0 Å². The Balaban J connectivity index is 2.00. The first-order chi connectivity index (χ1) is 7.95. The molecule has 2 N–H and O–H groups in total. The highest BCUT2D eigenvalue weighted by Gasteiger charge is 2.48. The van der Waals surface area contributed by atoms with Gasteiger partial charge in [0.05, 0.1) is 6.10 Å². The quantitative estimate of drug-likeness (QED) is 0.863. The number of carboxylic acid groups (broad SMARTS) is 1. The molecule has 1 aliphatic rings. The number of hydrogen-bond donors (Lipinski definition) is 2. The fourth-order valence-corrected chi connectivity index (χ4v) is 2.86. The van der Waals surface area contributed by atoms with Gasteiger partial charge in [0.15, 0.2) is 10.8 Å². The molecule has 0 spiro atoms. The lowest BCUT2D eigenvalue weighted by Crippen LogP contribution is -2.57. The van der Waals surface area contributed by atoms with Crippen LogP contribution in [0, 0.1) is 5.41 Å². The number of carbonyl (C=O) groups is 1. The van der Waals surface area contributed by atoms with Crippen molar-refractivity contribution >= 4 is 22.4 Å². The summed E-state index contributed by atoms with van der Waals surface area (Å²) in [5, 5.41) is 14.3. The molecule has 0 amide bonds. The number of anilines is 1. The van der Waals surface area contributed by atoms with E-state index in [0.717, 1.165) is 6.42 Å². The van der Waals surface area contributed by atoms with Gasteiger partial charge in [-0.1, -0.05) is 13.8 Å². The van der Waals surface area contributed by atoms with Crippen molar-refractivity contribution < 1.29 is 14.6 Å². The zero-order valence-corrected chi connectivity index (χ0v) is 10.9. The van der Waals surface area contributed by atoms with Crippen molar-refractivity contribution in [2.45, 2.75) is 32.4 Å². The SMILES string of the molecule is COC1CC(Nc2nc(C(=O)O)cs2)C1(C)C. The Bertz CT molecular complexity index is 430. The predicted octanol–water partition coefficient (Wildman–Crippen LogP) is 2.07. The standard InChI is InChI=1S/C11H16N2O3S/c1-11(2)7(4-8(11)16-3)13-10-12-6(5-17-10)9(14)15/h5,7-8H,4H2,1-3H3,(H,12,13)(H,14,15). The fourth-order valence-electron chi connectivity index (χ4n) is 2.12. The molecular weight excluding hydrogens is 240 g/mol. The molecule has 94 valence electrons. The first kappa shape index (κ1) is 12.3. The lowest BCUT2D eigenvalue weighted by molar-refractivity contribution is -0.0794. The van der Waals surface area contributed by atoms with Crippen LogP contribution in [-0.4, -0.2) is 35.3 Å². The summed E-state index contributed by atoms with van der Waals surface area (Å²) in [5.41, 5.74) is 0.141. The van der Waals surface area contributed by atoms with E-state index in [1.165, 1.54) is 11.3 Å². The number of thiazole rings is 1. The van der Waals surface area contributed by atoms with Crippen LogP contribution in [0.3, 0.4) is 0 Å². The highest BCUT2D eigenvalue weighted by Crippen LogP contribution is 2.44. The highest BCUT2D eigenvalue weighted by atomic mass is 32.1. The van der Waals surface area contributed by atoms with E-state index in [1.807, 2.05) is 0 Å². The molecule has 5 nitrogen and oxygen atoms in total. The normalized spacial score (nSPS) is 26.3. The second-order valence-electron chi connectivity index (χ2n) is 4.82. The monoisotopic (exact) mass is 256 g/mol. The molecule has 2 unspecified atom stereocenters. The van der Waals surface area contributed by atoms with E-state index >= 15 is 0 Å². The van der Waals surface area contributed by atoms with Crippen LogP contribution in [0.15, 0.2) is 5.38 Å². The van der Waals surface area contributed by atoms with E-state index < -0.39 is 5.97 Å². The average molecular weight is 256 g/mol. The zero-order valence-electron chi connectivity index (χ0n) is 10.1. The van der Waals surface area contributed by atoms with Crippen LogP contribution >= 0.6 is 11.3 Å². The first-order valence-electron chi connectivity index (χ1n) is 5.43. The van der Waals surface area contributed by atoms with Crippen LogP contribution in [0.25, 0.3) is 0 Å². The predicted molar refractivity (Wildman–Crippen MR) is 65.7 cm³/mol. The summed E-state index contributed by atoms with van der Waals surface area (Å²) < 4.78 is 5.36. The van der Waals surface area contributed by atoms with E-state index in [1.54, 1.807) is 12.5 Å². The molecule has 17 heavy (non-hydrogen) atoms. The third kappa shape index (κ3) is 2.14. The minimum Gasteiger partial charge on any atom is -0.476 e. The van der Waals surface area contributed by atoms with Crippen molar-refractivity contribution in [3.05, 3.63) is 11.1 Å². The summed E-state index contributed by atoms with van der Waals surface area (Å²) in [6.07, 6.45) is 1.17. The largest absolute Gasteiger partial charge is 0.476 e. The molecule has 1 fully saturated rings. The van der Waals surface area contributed by atoms with Crippen molar-refractivity contribution in [2.24, 2.45) is 5.41 Å².